The fourth-order valence-electron chi connectivity index (χ4n) is 3.61. The van der Waals surface area contributed by atoms with E-state index in [2.05, 4.69) is 15.0 Å². The lowest BCUT2D eigenvalue weighted by molar-refractivity contribution is 0.0907. The summed E-state index contributed by atoms with van der Waals surface area (Å²) in [6.45, 7) is 8.05. The fraction of sp³-hybridized carbons (Fsp3) is 0.304. The smallest absolute Gasteiger partial charge is 0.507 e. The molecule has 10 heteroatoms. The molecule has 0 bridgehead atoms. The highest BCUT2D eigenvalue weighted by Gasteiger charge is 2.23. The number of nitrogens with one attached hydrogen (secondary N) is 2. The number of halogens is 2. The molecular formula is C23H24Cl2N2O6. The molecule has 0 aliphatic heterocycles. The molecule has 3 aromatic rings. The molecule has 1 heterocycles. The van der Waals surface area contributed by atoms with Gasteiger partial charge in [0.15, 0.2) is 5.75 Å². The van der Waals surface area contributed by atoms with Crippen LogP contribution in [0.25, 0.3) is 10.9 Å². The molecule has 1 aromatic heterocycles. The third-order valence-electron chi connectivity index (χ3n) is 5.11. The third kappa shape index (κ3) is 5.46. The van der Waals surface area contributed by atoms with Gasteiger partial charge in [0.25, 0.3) is 5.91 Å². The Morgan fingerprint density at radius 2 is 1.73 bits per heavy atom. The summed E-state index contributed by atoms with van der Waals surface area (Å²) in [6.07, 6.45) is -1.48. The minimum absolute atomic E-state index is 0.0268. The summed E-state index contributed by atoms with van der Waals surface area (Å²) in [7, 11) is 0. The van der Waals surface area contributed by atoms with Gasteiger partial charge < -0.3 is 30.0 Å². The Balaban J connectivity index is 1.92. The first-order valence-electron chi connectivity index (χ1n) is 10.2. The van der Waals surface area contributed by atoms with Crippen molar-refractivity contribution in [1.29, 1.82) is 0 Å². The van der Waals surface area contributed by atoms with Gasteiger partial charge in [0.1, 0.15) is 11.5 Å². The highest BCUT2D eigenvalue weighted by molar-refractivity contribution is 6.41. The quantitative estimate of drug-likeness (QED) is 0.280. The number of hydrogen-bond donors (Lipinski definition) is 4. The van der Waals surface area contributed by atoms with Crippen LogP contribution in [-0.4, -0.2) is 33.3 Å². The monoisotopic (exact) mass is 494 g/mol. The Hall–Kier alpha value is -3.10. The average Bonchev–Trinajstić information content (AvgIpc) is 3.11. The number of benzene rings is 2. The van der Waals surface area contributed by atoms with Gasteiger partial charge in [-0.3, -0.25) is 4.79 Å². The van der Waals surface area contributed by atoms with E-state index in [9.17, 15) is 14.7 Å². The molecule has 2 aromatic carbocycles. The molecule has 0 unspecified atom stereocenters. The molecule has 0 radical (unpaired) electrons. The van der Waals surface area contributed by atoms with E-state index >= 15 is 0 Å². The van der Waals surface area contributed by atoms with Crippen molar-refractivity contribution in [2.75, 3.05) is 0 Å². The van der Waals surface area contributed by atoms with E-state index in [1.165, 1.54) is 30.3 Å². The standard InChI is InChI=1S/C23H24Cl2N2O6/c1-10(2)20(11(3)4)27-22(29)14-7-12(5-6-17(14)28)32-21-15(24)9-16-13(19(21)25)8-18(26-16)33-23(30)31/h5-11,20,26,28H,1-4H3,(H,27,29)(H,30,31). The molecule has 0 aliphatic carbocycles. The molecule has 0 atom stereocenters. The van der Waals surface area contributed by atoms with E-state index in [4.69, 9.17) is 33.0 Å². The van der Waals surface area contributed by atoms with Gasteiger partial charge in [0, 0.05) is 17.5 Å². The first kappa shape index (κ1) is 24.5. The van der Waals surface area contributed by atoms with Gasteiger partial charge in [0.05, 0.1) is 21.1 Å². The highest BCUT2D eigenvalue weighted by Crippen LogP contribution is 2.43. The maximum absolute atomic E-state index is 12.8. The SMILES string of the molecule is CC(C)C(NC(=O)c1cc(Oc2c(Cl)cc3[nH]c(OC(=O)O)cc3c2Cl)ccc1O)C(C)C. The maximum atomic E-state index is 12.8. The van der Waals surface area contributed by atoms with Crippen molar-refractivity contribution < 1.29 is 29.3 Å². The first-order chi connectivity index (χ1) is 15.5. The van der Waals surface area contributed by atoms with E-state index in [1.807, 2.05) is 27.7 Å². The highest BCUT2D eigenvalue weighted by atomic mass is 35.5. The molecule has 0 spiro atoms. The zero-order chi connectivity index (χ0) is 24.4. The van der Waals surface area contributed by atoms with E-state index in [0.29, 0.717) is 10.9 Å². The summed E-state index contributed by atoms with van der Waals surface area (Å²) in [6, 6.07) is 7.05. The lowest BCUT2D eigenvalue weighted by Crippen LogP contribution is -2.42. The summed E-state index contributed by atoms with van der Waals surface area (Å²) in [5, 5.41) is 22.7. The molecule has 8 nitrogen and oxygen atoms in total. The number of carboxylic acid groups (broad SMARTS) is 1. The van der Waals surface area contributed by atoms with Crippen molar-refractivity contribution in [2.24, 2.45) is 11.8 Å². The Morgan fingerprint density at radius 3 is 2.33 bits per heavy atom. The van der Waals surface area contributed by atoms with Crippen molar-refractivity contribution in [3.05, 3.63) is 45.9 Å². The van der Waals surface area contributed by atoms with Gasteiger partial charge in [-0.1, -0.05) is 50.9 Å². The maximum Gasteiger partial charge on any atom is 0.512 e. The van der Waals surface area contributed by atoms with Crippen LogP contribution in [0.4, 0.5) is 4.79 Å². The normalized spacial score (nSPS) is 11.4. The first-order valence-corrected chi connectivity index (χ1v) is 11.0. The van der Waals surface area contributed by atoms with Crippen LogP contribution in [-0.2, 0) is 0 Å². The number of hydrogen-bond acceptors (Lipinski definition) is 5. The van der Waals surface area contributed by atoms with Gasteiger partial charge in [0.2, 0.25) is 5.88 Å². The number of aromatic nitrogens is 1. The number of rotatable bonds is 7. The number of H-pyrrole nitrogens is 1. The van der Waals surface area contributed by atoms with Crippen LogP contribution < -0.4 is 14.8 Å². The summed E-state index contributed by atoms with van der Waals surface area (Å²) in [5.41, 5.74) is 0.499. The summed E-state index contributed by atoms with van der Waals surface area (Å²) >= 11 is 12.8. The van der Waals surface area contributed by atoms with Crippen LogP contribution in [0.5, 0.6) is 23.1 Å². The Kier molecular flexibility index (Phi) is 7.29. The zero-order valence-corrected chi connectivity index (χ0v) is 19.9. The third-order valence-corrected chi connectivity index (χ3v) is 5.77. The molecule has 0 fully saturated rings. The molecule has 0 aliphatic rings. The van der Waals surface area contributed by atoms with E-state index in [1.54, 1.807) is 0 Å². The molecule has 1 amide bonds. The van der Waals surface area contributed by atoms with Crippen molar-refractivity contribution >= 4 is 46.2 Å². The van der Waals surface area contributed by atoms with Gasteiger partial charge in [-0.05, 0) is 36.1 Å². The Bertz CT molecular complexity index is 1200. The van der Waals surface area contributed by atoms with E-state index in [-0.39, 0.29) is 56.6 Å². The Labute approximate surface area is 200 Å². The minimum atomic E-state index is -1.48. The number of phenolic OH excluding ortho intramolecular Hbond substituents is 1. The number of aromatic hydroxyl groups is 1. The van der Waals surface area contributed by atoms with Crippen molar-refractivity contribution in [3.63, 3.8) is 0 Å². The van der Waals surface area contributed by atoms with Crippen LogP contribution >= 0.6 is 23.2 Å². The summed E-state index contributed by atoms with van der Waals surface area (Å²) < 4.78 is 10.5. The summed E-state index contributed by atoms with van der Waals surface area (Å²) in [4.78, 5) is 26.4. The number of fused-ring (bicyclic) bond motifs is 1. The average molecular weight is 495 g/mol. The lowest BCUT2D eigenvalue weighted by atomic mass is 9.93. The number of ether oxygens (including phenoxy) is 2. The lowest BCUT2D eigenvalue weighted by Gasteiger charge is -2.26. The van der Waals surface area contributed by atoms with Gasteiger partial charge in [-0.2, -0.15) is 0 Å². The van der Waals surface area contributed by atoms with Crippen LogP contribution in [0, 0.1) is 11.8 Å². The second kappa shape index (κ2) is 9.80. The molecule has 4 N–H and O–H groups in total. The van der Waals surface area contributed by atoms with Crippen molar-refractivity contribution in [1.82, 2.24) is 10.3 Å². The van der Waals surface area contributed by atoms with Crippen molar-refractivity contribution in [3.8, 4) is 23.1 Å². The number of aromatic amines is 1. The number of carbonyl (C=O) groups is 2. The van der Waals surface area contributed by atoms with Crippen LogP contribution in [0.1, 0.15) is 38.1 Å². The van der Waals surface area contributed by atoms with Crippen molar-refractivity contribution in [2.45, 2.75) is 33.7 Å². The number of amides is 1. The second-order valence-corrected chi connectivity index (χ2v) is 9.02. The summed E-state index contributed by atoms with van der Waals surface area (Å²) in [5.74, 6) is 0.0859. The number of carbonyl (C=O) groups excluding carboxylic acids is 1. The second-order valence-electron chi connectivity index (χ2n) is 8.23. The Morgan fingerprint density at radius 1 is 1.06 bits per heavy atom. The largest absolute Gasteiger partial charge is 0.512 e. The van der Waals surface area contributed by atoms with E-state index in [0.717, 1.165) is 0 Å². The molecule has 176 valence electrons. The molecule has 3 rings (SSSR count). The molecular weight excluding hydrogens is 471 g/mol. The van der Waals surface area contributed by atoms with Crippen LogP contribution in [0.2, 0.25) is 10.0 Å². The molecule has 33 heavy (non-hydrogen) atoms. The van der Waals surface area contributed by atoms with E-state index < -0.39 is 12.1 Å². The number of phenols is 1. The van der Waals surface area contributed by atoms with Crippen LogP contribution in [0.3, 0.4) is 0 Å². The molecule has 0 saturated carbocycles. The molecule has 0 saturated heterocycles. The minimum Gasteiger partial charge on any atom is -0.507 e. The predicted molar refractivity (Wildman–Crippen MR) is 126 cm³/mol. The van der Waals surface area contributed by atoms with Gasteiger partial charge in [-0.15, -0.1) is 0 Å². The van der Waals surface area contributed by atoms with Gasteiger partial charge in [-0.25, -0.2) is 4.79 Å². The topological polar surface area (TPSA) is 121 Å². The zero-order valence-electron chi connectivity index (χ0n) is 18.4. The predicted octanol–water partition coefficient (Wildman–Crippen LogP) is 6.44. The fourth-order valence-corrected chi connectivity index (χ4v) is 4.20. The van der Waals surface area contributed by atoms with Gasteiger partial charge >= 0.3 is 6.16 Å². The van der Waals surface area contributed by atoms with Crippen LogP contribution in [0.15, 0.2) is 30.3 Å².